The highest BCUT2D eigenvalue weighted by atomic mass is 16.5. The standard InChI is InChI=1S/C22H29N3O3/c1-17(2)28-21-11-7-6-10-20(21)24-22(26)23-14-19-16-25(12-13-27-19)15-18-8-4-3-5-9-18/h3-11,17,19H,12-16H2,1-2H3,(H2,23,24,26). The third-order valence-corrected chi connectivity index (χ3v) is 4.46. The Hall–Kier alpha value is -2.57. The predicted octanol–water partition coefficient (Wildman–Crippen LogP) is 3.50. The number of ether oxygens (including phenoxy) is 2. The van der Waals surface area contributed by atoms with E-state index in [9.17, 15) is 4.79 Å². The van der Waals surface area contributed by atoms with Crippen LogP contribution in [0.4, 0.5) is 10.5 Å². The first-order valence-electron chi connectivity index (χ1n) is 9.78. The lowest BCUT2D eigenvalue weighted by Gasteiger charge is -2.33. The molecule has 1 unspecified atom stereocenters. The zero-order chi connectivity index (χ0) is 19.8. The van der Waals surface area contributed by atoms with Gasteiger partial charge in [-0.3, -0.25) is 4.90 Å². The Morgan fingerprint density at radius 2 is 1.93 bits per heavy atom. The van der Waals surface area contributed by atoms with Crippen LogP contribution < -0.4 is 15.4 Å². The van der Waals surface area contributed by atoms with E-state index in [0.29, 0.717) is 24.6 Å². The van der Waals surface area contributed by atoms with Crippen molar-refractivity contribution in [3.63, 3.8) is 0 Å². The van der Waals surface area contributed by atoms with Crippen molar-refractivity contribution < 1.29 is 14.3 Å². The fourth-order valence-corrected chi connectivity index (χ4v) is 3.19. The van der Waals surface area contributed by atoms with Crippen LogP contribution in [0.3, 0.4) is 0 Å². The maximum Gasteiger partial charge on any atom is 0.319 e. The topological polar surface area (TPSA) is 62.8 Å². The molecule has 1 atom stereocenters. The molecule has 2 amide bonds. The van der Waals surface area contributed by atoms with Gasteiger partial charge in [0, 0.05) is 26.2 Å². The summed E-state index contributed by atoms with van der Waals surface area (Å²) in [6, 6.07) is 17.6. The number of benzene rings is 2. The largest absolute Gasteiger partial charge is 0.489 e. The summed E-state index contributed by atoms with van der Waals surface area (Å²) in [4.78, 5) is 14.7. The number of carbonyl (C=O) groups is 1. The van der Waals surface area contributed by atoms with E-state index in [0.717, 1.165) is 19.6 Å². The molecule has 1 aliphatic heterocycles. The number of rotatable bonds is 7. The molecule has 1 aliphatic rings. The highest BCUT2D eigenvalue weighted by Gasteiger charge is 2.21. The number of morpholine rings is 1. The molecule has 2 aromatic rings. The van der Waals surface area contributed by atoms with Gasteiger partial charge in [-0.25, -0.2) is 4.79 Å². The van der Waals surface area contributed by atoms with Crippen LogP contribution >= 0.6 is 0 Å². The molecule has 6 nitrogen and oxygen atoms in total. The lowest BCUT2D eigenvalue weighted by Crippen LogP contribution is -2.47. The average molecular weight is 383 g/mol. The monoisotopic (exact) mass is 383 g/mol. The lowest BCUT2D eigenvalue weighted by atomic mass is 10.2. The average Bonchev–Trinajstić information content (AvgIpc) is 2.69. The smallest absolute Gasteiger partial charge is 0.319 e. The van der Waals surface area contributed by atoms with E-state index in [1.165, 1.54) is 5.56 Å². The Kier molecular flexibility index (Phi) is 7.28. The first-order valence-corrected chi connectivity index (χ1v) is 9.78. The van der Waals surface area contributed by atoms with E-state index in [-0.39, 0.29) is 18.2 Å². The summed E-state index contributed by atoms with van der Waals surface area (Å²) in [7, 11) is 0. The van der Waals surface area contributed by atoms with Gasteiger partial charge in [0.2, 0.25) is 0 Å². The fourth-order valence-electron chi connectivity index (χ4n) is 3.19. The van der Waals surface area contributed by atoms with Gasteiger partial charge in [-0.2, -0.15) is 0 Å². The van der Waals surface area contributed by atoms with Crippen LogP contribution in [0.25, 0.3) is 0 Å². The second kappa shape index (κ2) is 10.1. The van der Waals surface area contributed by atoms with Gasteiger partial charge in [0.15, 0.2) is 0 Å². The van der Waals surface area contributed by atoms with Gasteiger partial charge in [-0.05, 0) is 31.5 Å². The van der Waals surface area contributed by atoms with Crippen LogP contribution in [0, 0.1) is 0 Å². The minimum absolute atomic E-state index is 0.0228. The normalized spacial score (nSPS) is 17.3. The van der Waals surface area contributed by atoms with E-state index in [1.54, 1.807) is 0 Å². The number of nitrogens with zero attached hydrogens (tertiary/aromatic N) is 1. The first kappa shape index (κ1) is 20.2. The van der Waals surface area contributed by atoms with Crippen LogP contribution in [-0.4, -0.2) is 49.4 Å². The van der Waals surface area contributed by atoms with E-state index in [1.807, 2.05) is 44.2 Å². The summed E-state index contributed by atoms with van der Waals surface area (Å²) in [5.74, 6) is 0.663. The van der Waals surface area contributed by atoms with E-state index < -0.39 is 0 Å². The Balaban J connectivity index is 1.47. The van der Waals surface area contributed by atoms with Crippen LogP contribution in [0.15, 0.2) is 54.6 Å². The molecule has 3 rings (SSSR count). The second-order valence-electron chi connectivity index (χ2n) is 7.21. The summed E-state index contributed by atoms with van der Waals surface area (Å²) in [6.07, 6.45) is 0.0163. The van der Waals surface area contributed by atoms with E-state index in [4.69, 9.17) is 9.47 Å². The van der Waals surface area contributed by atoms with Crippen LogP contribution in [0.1, 0.15) is 19.4 Å². The van der Waals surface area contributed by atoms with Crippen molar-refractivity contribution >= 4 is 11.7 Å². The summed E-state index contributed by atoms with van der Waals surface area (Å²) in [5, 5.41) is 5.77. The molecule has 0 saturated carbocycles. The molecule has 0 spiro atoms. The highest BCUT2D eigenvalue weighted by Crippen LogP contribution is 2.24. The molecule has 6 heteroatoms. The SMILES string of the molecule is CC(C)Oc1ccccc1NC(=O)NCC1CN(Cc2ccccc2)CCO1. The molecule has 0 aromatic heterocycles. The molecule has 1 fully saturated rings. The number of amides is 2. The van der Waals surface area contributed by atoms with Gasteiger partial charge in [-0.15, -0.1) is 0 Å². The summed E-state index contributed by atoms with van der Waals surface area (Å²) < 4.78 is 11.6. The number of carbonyl (C=O) groups excluding carboxylic acids is 1. The molecule has 1 heterocycles. The number of hydrogen-bond acceptors (Lipinski definition) is 4. The fraction of sp³-hybridized carbons (Fsp3) is 0.409. The number of nitrogens with one attached hydrogen (secondary N) is 2. The number of anilines is 1. The first-order chi connectivity index (χ1) is 13.6. The minimum Gasteiger partial charge on any atom is -0.489 e. The zero-order valence-electron chi connectivity index (χ0n) is 16.6. The number of hydrogen-bond donors (Lipinski definition) is 2. The van der Waals surface area contributed by atoms with Crippen molar-refractivity contribution in [2.45, 2.75) is 32.6 Å². The van der Waals surface area contributed by atoms with Crippen molar-refractivity contribution in [2.24, 2.45) is 0 Å². The van der Waals surface area contributed by atoms with Crippen molar-refractivity contribution in [3.05, 3.63) is 60.2 Å². The van der Waals surface area contributed by atoms with E-state index >= 15 is 0 Å². The zero-order valence-corrected chi connectivity index (χ0v) is 16.6. The van der Waals surface area contributed by atoms with Crippen LogP contribution in [0.5, 0.6) is 5.75 Å². The Morgan fingerprint density at radius 3 is 2.71 bits per heavy atom. The van der Waals surface area contributed by atoms with Gasteiger partial charge in [0.1, 0.15) is 5.75 Å². The van der Waals surface area contributed by atoms with Crippen LogP contribution in [-0.2, 0) is 11.3 Å². The lowest BCUT2D eigenvalue weighted by molar-refractivity contribution is -0.0285. The maximum atomic E-state index is 12.3. The molecule has 0 bridgehead atoms. The van der Waals surface area contributed by atoms with Crippen molar-refractivity contribution in [1.82, 2.24) is 10.2 Å². The summed E-state index contributed by atoms with van der Waals surface area (Å²) in [5.41, 5.74) is 1.94. The summed E-state index contributed by atoms with van der Waals surface area (Å²) >= 11 is 0. The Morgan fingerprint density at radius 1 is 1.18 bits per heavy atom. The summed E-state index contributed by atoms with van der Waals surface area (Å²) in [6.45, 7) is 7.64. The molecule has 2 aromatic carbocycles. The molecular formula is C22H29N3O3. The molecule has 28 heavy (non-hydrogen) atoms. The number of urea groups is 1. The number of para-hydroxylation sites is 2. The van der Waals surface area contributed by atoms with Crippen molar-refractivity contribution in [3.8, 4) is 5.75 Å². The van der Waals surface area contributed by atoms with Crippen molar-refractivity contribution in [2.75, 3.05) is 31.6 Å². The van der Waals surface area contributed by atoms with Gasteiger partial charge >= 0.3 is 6.03 Å². The van der Waals surface area contributed by atoms with Gasteiger partial charge < -0.3 is 20.1 Å². The predicted molar refractivity (Wildman–Crippen MR) is 111 cm³/mol. The van der Waals surface area contributed by atoms with Gasteiger partial charge in [0.25, 0.3) is 0 Å². The van der Waals surface area contributed by atoms with Gasteiger partial charge in [-0.1, -0.05) is 42.5 Å². The van der Waals surface area contributed by atoms with Gasteiger partial charge in [0.05, 0.1) is 24.5 Å². The molecular weight excluding hydrogens is 354 g/mol. The third kappa shape index (κ3) is 6.25. The van der Waals surface area contributed by atoms with Crippen molar-refractivity contribution in [1.29, 1.82) is 0 Å². The minimum atomic E-state index is -0.261. The molecule has 1 saturated heterocycles. The molecule has 0 radical (unpaired) electrons. The Bertz CT molecular complexity index is 752. The second-order valence-corrected chi connectivity index (χ2v) is 7.21. The third-order valence-electron chi connectivity index (χ3n) is 4.46. The quantitative estimate of drug-likeness (QED) is 0.768. The van der Waals surface area contributed by atoms with E-state index in [2.05, 4.69) is 39.8 Å². The Labute approximate surface area is 166 Å². The maximum absolute atomic E-state index is 12.3. The molecule has 2 N–H and O–H groups in total. The highest BCUT2D eigenvalue weighted by molar-refractivity contribution is 5.90. The molecule has 0 aliphatic carbocycles. The van der Waals surface area contributed by atoms with Crippen LogP contribution in [0.2, 0.25) is 0 Å². The molecule has 150 valence electrons.